The minimum atomic E-state index is -0.0208. The third kappa shape index (κ3) is 3.51. The van der Waals surface area contributed by atoms with Crippen LogP contribution >= 0.6 is 22.9 Å². The first-order chi connectivity index (χ1) is 10.6. The molecule has 1 amide bonds. The molecule has 1 aliphatic rings. The van der Waals surface area contributed by atoms with Gasteiger partial charge in [0.25, 0.3) is 0 Å². The molecule has 22 heavy (non-hydrogen) atoms. The summed E-state index contributed by atoms with van der Waals surface area (Å²) < 4.78 is 0. The Morgan fingerprint density at radius 1 is 1.45 bits per heavy atom. The number of amides is 1. The minimum Gasteiger partial charge on any atom is -0.493 e. The van der Waals surface area contributed by atoms with Crippen LogP contribution in [0.4, 0.5) is 10.8 Å². The quantitative estimate of drug-likeness (QED) is 0.778. The number of benzene rings is 1. The largest absolute Gasteiger partial charge is 0.493 e. The SMILES string of the molecule is O=C(NCc1ccc(Cl)c(Nc2nc(O)cs2)c1)C1CCC1. The molecule has 1 fully saturated rings. The Kier molecular flexibility index (Phi) is 4.49. The summed E-state index contributed by atoms with van der Waals surface area (Å²) in [5.74, 6) is 0.288. The molecule has 5 nitrogen and oxygen atoms in total. The summed E-state index contributed by atoms with van der Waals surface area (Å²) in [6, 6.07) is 5.54. The first kappa shape index (κ1) is 15.1. The van der Waals surface area contributed by atoms with Gasteiger partial charge in [0.2, 0.25) is 11.8 Å². The van der Waals surface area contributed by atoms with Crippen LogP contribution in [-0.4, -0.2) is 16.0 Å². The molecule has 0 bridgehead atoms. The number of anilines is 2. The highest BCUT2D eigenvalue weighted by Gasteiger charge is 2.24. The van der Waals surface area contributed by atoms with Gasteiger partial charge in [-0.2, -0.15) is 4.98 Å². The van der Waals surface area contributed by atoms with Crippen molar-refractivity contribution in [1.29, 1.82) is 0 Å². The highest BCUT2D eigenvalue weighted by molar-refractivity contribution is 7.14. The molecule has 1 saturated carbocycles. The molecule has 0 spiro atoms. The van der Waals surface area contributed by atoms with Crippen molar-refractivity contribution in [2.45, 2.75) is 25.8 Å². The smallest absolute Gasteiger partial charge is 0.223 e. The zero-order valence-electron chi connectivity index (χ0n) is 11.8. The molecule has 0 unspecified atom stereocenters. The van der Waals surface area contributed by atoms with E-state index in [-0.39, 0.29) is 17.7 Å². The highest BCUT2D eigenvalue weighted by Crippen LogP contribution is 2.30. The first-order valence-electron chi connectivity index (χ1n) is 7.09. The van der Waals surface area contributed by atoms with Gasteiger partial charge in [-0.15, -0.1) is 11.3 Å². The molecule has 0 saturated heterocycles. The van der Waals surface area contributed by atoms with E-state index in [2.05, 4.69) is 15.6 Å². The van der Waals surface area contributed by atoms with Crippen LogP contribution in [0.5, 0.6) is 5.88 Å². The van der Waals surface area contributed by atoms with E-state index in [9.17, 15) is 9.90 Å². The second-order valence-corrected chi connectivity index (χ2v) is 6.56. The van der Waals surface area contributed by atoms with E-state index >= 15 is 0 Å². The Morgan fingerprint density at radius 3 is 2.91 bits per heavy atom. The number of halogens is 1. The molecule has 1 aromatic heterocycles. The maximum absolute atomic E-state index is 11.9. The van der Waals surface area contributed by atoms with Crippen molar-refractivity contribution >= 4 is 39.7 Å². The molecular formula is C15H16ClN3O2S. The van der Waals surface area contributed by atoms with E-state index in [1.165, 1.54) is 11.3 Å². The minimum absolute atomic E-state index is 0.0208. The van der Waals surface area contributed by atoms with E-state index in [1.807, 2.05) is 12.1 Å². The van der Waals surface area contributed by atoms with Crippen molar-refractivity contribution in [2.75, 3.05) is 5.32 Å². The number of aromatic hydroxyl groups is 1. The number of thiazole rings is 1. The van der Waals surface area contributed by atoms with Crippen LogP contribution in [0.2, 0.25) is 5.02 Å². The summed E-state index contributed by atoms with van der Waals surface area (Å²) in [5, 5.41) is 17.9. The molecule has 1 heterocycles. The molecule has 3 rings (SSSR count). The van der Waals surface area contributed by atoms with E-state index in [0.29, 0.717) is 22.4 Å². The number of nitrogens with one attached hydrogen (secondary N) is 2. The van der Waals surface area contributed by atoms with Gasteiger partial charge >= 0.3 is 0 Å². The Morgan fingerprint density at radius 2 is 2.27 bits per heavy atom. The fourth-order valence-electron chi connectivity index (χ4n) is 2.22. The number of carbonyl (C=O) groups is 1. The maximum Gasteiger partial charge on any atom is 0.223 e. The third-order valence-electron chi connectivity index (χ3n) is 3.71. The second kappa shape index (κ2) is 6.54. The van der Waals surface area contributed by atoms with Crippen molar-refractivity contribution in [3.05, 3.63) is 34.2 Å². The fourth-order valence-corrected chi connectivity index (χ4v) is 2.97. The van der Waals surface area contributed by atoms with Crippen LogP contribution in [0.15, 0.2) is 23.6 Å². The molecule has 0 aliphatic heterocycles. The summed E-state index contributed by atoms with van der Waals surface area (Å²) >= 11 is 7.45. The lowest BCUT2D eigenvalue weighted by molar-refractivity contribution is -0.127. The van der Waals surface area contributed by atoms with Crippen LogP contribution in [0.25, 0.3) is 0 Å². The van der Waals surface area contributed by atoms with Gasteiger partial charge in [-0.3, -0.25) is 4.79 Å². The van der Waals surface area contributed by atoms with E-state index in [1.54, 1.807) is 11.4 Å². The highest BCUT2D eigenvalue weighted by atomic mass is 35.5. The van der Waals surface area contributed by atoms with Gasteiger partial charge in [-0.25, -0.2) is 0 Å². The normalized spacial score (nSPS) is 14.4. The van der Waals surface area contributed by atoms with Crippen molar-refractivity contribution < 1.29 is 9.90 Å². The summed E-state index contributed by atoms with van der Waals surface area (Å²) in [6.07, 6.45) is 3.13. The number of hydrogen-bond acceptors (Lipinski definition) is 5. The van der Waals surface area contributed by atoms with Crippen LogP contribution in [0.3, 0.4) is 0 Å². The zero-order chi connectivity index (χ0) is 15.5. The van der Waals surface area contributed by atoms with Gasteiger partial charge in [-0.1, -0.05) is 24.1 Å². The fraction of sp³-hybridized carbons (Fsp3) is 0.333. The number of hydrogen-bond donors (Lipinski definition) is 3. The molecule has 1 aliphatic carbocycles. The predicted octanol–water partition coefficient (Wildman–Crippen LogP) is 3.66. The first-order valence-corrected chi connectivity index (χ1v) is 8.35. The van der Waals surface area contributed by atoms with Gasteiger partial charge in [-0.05, 0) is 30.5 Å². The molecule has 0 atom stereocenters. The second-order valence-electron chi connectivity index (χ2n) is 5.30. The predicted molar refractivity (Wildman–Crippen MR) is 87.7 cm³/mol. The lowest BCUT2D eigenvalue weighted by atomic mass is 9.85. The average molecular weight is 338 g/mol. The number of nitrogens with zero attached hydrogens (tertiary/aromatic N) is 1. The average Bonchev–Trinajstić information content (AvgIpc) is 2.83. The van der Waals surface area contributed by atoms with Gasteiger partial charge in [0.05, 0.1) is 16.1 Å². The van der Waals surface area contributed by atoms with Gasteiger partial charge in [0, 0.05) is 12.5 Å². The Balaban J connectivity index is 1.65. The molecule has 3 N–H and O–H groups in total. The zero-order valence-corrected chi connectivity index (χ0v) is 13.4. The van der Waals surface area contributed by atoms with E-state index in [4.69, 9.17) is 11.6 Å². The molecule has 7 heteroatoms. The van der Waals surface area contributed by atoms with Crippen molar-refractivity contribution in [3.8, 4) is 5.88 Å². The van der Waals surface area contributed by atoms with Crippen LogP contribution < -0.4 is 10.6 Å². The Hall–Kier alpha value is -1.79. The summed E-state index contributed by atoms with van der Waals surface area (Å²) in [7, 11) is 0. The standard InChI is InChI=1S/C15H16ClN3O2S/c16-11-5-4-9(7-17-14(21)10-2-1-3-10)6-12(11)18-15-19-13(20)8-22-15/h4-6,8,10,20H,1-3,7H2,(H,17,21)(H,18,19). The van der Waals surface area contributed by atoms with Crippen LogP contribution in [0.1, 0.15) is 24.8 Å². The van der Waals surface area contributed by atoms with E-state index in [0.717, 1.165) is 24.8 Å². The topological polar surface area (TPSA) is 74.2 Å². The van der Waals surface area contributed by atoms with Crippen LogP contribution in [0, 0.1) is 5.92 Å². The number of rotatable bonds is 5. The van der Waals surface area contributed by atoms with Crippen molar-refractivity contribution in [2.24, 2.45) is 5.92 Å². The summed E-state index contributed by atoms with van der Waals surface area (Å²) in [6.45, 7) is 0.476. The van der Waals surface area contributed by atoms with E-state index < -0.39 is 0 Å². The van der Waals surface area contributed by atoms with Gasteiger partial charge < -0.3 is 15.7 Å². The lowest BCUT2D eigenvalue weighted by Gasteiger charge is -2.24. The van der Waals surface area contributed by atoms with Gasteiger partial charge in [0.1, 0.15) is 0 Å². The molecule has 1 aromatic carbocycles. The number of carbonyl (C=O) groups excluding carboxylic acids is 1. The number of aromatic nitrogens is 1. The van der Waals surface area contributed by atoms with Crippen molar-refractivity contribution in [3.63, 3.8) is 0 Å². The summed E-state index contributed by atoms with van der Waals surface area (Å²) in [4.78, 5) is 15.8. The molecule has 0 radical (unpaired) electrons. The lowest BCUT2D eigenvalue weighted by Crippen LogP contribution is -2.33. The van der Waals surface area contributed by atoms with Gasteiger partial charge in [0.15, 0.2) is 5.13 Å². The Bertz CT molecular complexity index is 685. The molecular weight excluding hydrogens is 322 g/mol. The van der Waals surface area contributed by atoms with Crippen molar-refractivity contribution in [1.82, 2.24) is 10.3 Å². The van der Waals surface area contributed by atoms with Crippen LogP contribution in [-0.2, 0) is 11.3 Å². The molecule has 2 aromatic rings. The maximum atomic E-state index is 11.9. The Labute approximate surface area is 137 Å². The molecule has 116 valence electrons. The third-order valence-corrected chi connectivity index (χ3v) is 4.78. The summed E-state index contributed by atoms with van der Waals surface area (Å²) in [5.41, 5.74) is 1.66. The monoisotopic (exact) mass is 337 g/mol.